The number of aliphatic hydroxyl groups excluding tert-OH is 2. The maximum atomic E-state index is 10.2. The van der Waals surface area contributed by atoms with Gasteiger partial charge in [0.1, 0.15) is 11.5 Å². The molecular weight excluding hydrogens is 246 g/mol. The van der Waals surface area contributed by atoms with Crippen LogP contribution in [0.1, 0.15) is 24.5 Å². The van der Waals surface area contributed by atoms with Crippen LogP contribution < -0.4 is 14.8 Å². The second-order valence-corrected chi connectivity index (χ2v) is 4.85. The van der Waals surface area contributed by atoms with Crippen LogP contribution in [0.4, 0.5) is 0 Å². The highest BCUT2D eigenvalue weighted by Gasteiger charge is 2.27. The van der Waals surface area contributed by atoms with E-state index in [-0.39, 0.29) is 6.10 Å². The third-order valence-electron chi connectivity index (χ3n) is 3.51. The number of benzene rings is 1. The number of methoxy groups -OCH3 is 2. The molecule has 0 bridgehead atoms. The Balaban J connectivity index is 1.98. The van der Waals surface area contributed by atoms with Crippen molar-refractivity contribution in [2.75, 3.05) is 20.8 Å². The van der Waals surface area contributed by atoms with Gasteiger partial charge in [-0.1, -0.05) is 0 Å². The Labute approximate surface area is 113 Å². The second kappa shape index (κ2) is 6.23. The van der Waals surface area contributed by atoms with Gasteiger partial charge in [0.2, 0.25) is 0 Å². The van der Waals surface area contributed by atoms with Gasteiger partial charge in [-0.3, -0.25) is 0 Å². The monoisotopic (exact) mass is 267 g/mol. The van der Waals surface area contributed by atoms with Gasteiger partial charge in [-0.2, -0.15) is 0 Å². The van der Waals surface area contributed by atoms with Gasteiger partial charge in [0.25, 0.3) is 0 Å². The van der Waals surface area contributed by atoms with Crippen LogP contribution >= 0.6 is 0 Å². The van der Waals surface area contributed by atoms with E-state index in [2.05, 4.69) is 5.32 Å². The van der Waals surface area contributed by atoms with E-state index in [1.54, 1.807) is 32.4 Å². The maximum absolute atomic E-state index is 10.2. The number of hydrogen-bond acceptors (Lipinski definition) is 5. The molecule has 1 aromatic rings. The molecule has 1 atom stereocenters. The first-order valence-corrected chi connectivity index (χ1v) is 6.45. The van der Waals surface area contributed by atoms with E-state index < -0.39 is 6.10 Å². The van der Waals surface area contributed by atoms with Gasteiger partial charge >= 0.3 is 0 Å². The van der Waals surface area contributed by atoms with Crippen LogP contribution in [0.3, 0.4) is 0 Å². The molecule has 0 radical (unpaired) electrons. The third kappa shape index (κ3) is 3.37. The zero-order valence-electron chi connectivity index (χ0n) is 11.3. The minimum Gasteiger partial charge on any atom is -0.497 e. The lowest BCUT2D eigenvalue weighted by Crippen LogP contribution is -2.45. The quantitative estimate of drug-likeness (QED) is 0.713. The second-order valence-electron chi connectivity index (χ2n) is 4.85. The lowest BCUT2D eigenvalue weighted by Gasteiger charge is -2.33. The maximum Gasteiger partial charge on any atom is 0.124 e. The van der Waals surface area contributed by atoms with Gasteiger partial charge in [0.15, 0.2) is 0 Å². The van der Waals surface area contributed by atoms with E-state index in [1.165, 1.54) is 0 Å². The molecule has 0 aromatic heterocycles. The van der Waals surface area contributed by atoms with Gasteiger partial charge in [0, 0.05) is 18.2 Å². The Bertz CT molecular complexity index is 418. The Morgan fingerprint density at radius 2 is 2.05 bits per heavy atom. The summed E-state index contributed by atoms with van der Waals surface area (Å²) in [7, 11) is 3.17. The number of aliphatic hydroxyl groups is 2. The molecular formula is C14H21NO4. The fourth-order valence-electron chi connectivity index (χ4n) is 2.24. The summed E-state index contributed by atoms with van der Waals surface area (Å²) >= 11 is 0. The highest BCUT2D eigenvalue weighted by molar-refractivity contribution is 5.41. The molecule has 1 aliphatic rings. The first-order chi connectivity index (χ1) is 9.13. The lowest BCUT2D eigenvalue weighted by molar-refractivity contribution is 0.0548. The molecule has 1 aliphatic carbocycles. The van der Waals surface area contributed by atoms with E-state index in [1.807, 2.05) is 0 Å². The SMILES string of the molecule is COc1ccc(OC)c(C(O)CNC2CC(O)C2)c1. The molecule has 19 heavy (non-hydrogen) atoms. The van der Waals surface area contributed by atoms with Gasteiger partial charge in [-0.05, 0) is 31.0 Å². The van der Waals surface area contributed by atoms with Crippen LogP contribution in [0.2, 0.25) is 0 Å². The number of nitrogens with one attached hydrogen (secondary N) is 1. The summed E-state index contributed by atoms with van der Waals surface area (Å²) in [6.45, 7) is 0.431. The summed E-state index contributed by atoms with van der Waals surface area (Å²) < 4.78 is 10.4. The summed E-state index contributed by atoms with van der Waals surface area (Å²) in [5.41, 5.74) is 0.703. The van der Waals surface area contributed by atoms with Gasteiger partial charge in [-0.15, -0.1) is 0 Å². The minimum absolute atomic E-state index is 0.194. The van der Waals surface area contributed by atoms with Crippen LogP contribution in [0, 0.1) is 0 Å². The van der Waals surface area contributed by atoms with Crippen molar-refractivity contribution in [3.8, 4) is 11.5 Å². The minimum atomic E-state index is -0.664. The van der Waals surface area contributed by atoms with Crippen LogP contribution in [-0.2, 0) is 0 Å². The van der Waals surface area contributed by atoms with E-state index >= 15 is 0 Å². The molecule has 0 heterocycles. The summed E-state index contributed by atoms with van der Waals surface area (Å²) in [5.74, 6) is 1.33. The van der Waals surface area contributed by atoms with Crippen molar-refractivity contribution in [2.45, 2.75) is 31.1 Å². The fourth-order valence-corrected chi connectivity index (χ4v) is 2.24. The van der Waals surface area contributed by atoms with Crippen LogP contribution in [-0.4, -0.2) is 43.1 Å². The molecule has 2 rings (SSSR count). The lowest BCUT2D eigenvalue weighted by atomic mass is 9.89. The first kappa shape index (κ1) is 14.1. The van der Waals surface area contributed by atoms with Gasteiger partial charge in [-0.25, -0.2) is 0 Å². The normalized spacial score (nSPS) is 23.6. The number of rotatable bonds is 6. The van der Waals surface area contributed by atoms with Crippen molar-refractivity contribution in [1.82, 2.24) is 5.32 Å². The molecule has 1 aromatic carbocycles. The topological polar surface area (TPSA) is 71.0 Å². The predicted molar refractivity (Wildman–Crippen MR) is 71.5 cm³/mol. The average Bonchev–Trinajstić information content (AvgIpc) is 2.41. The molecule has 5 heteroatoms. The molecule has 3 N–H and O–H groups in total. The Morgan fingerprint density at radius 1 is 1.32 bits per heavy atom. The fraction of sp³-hybridized carbons (Fsp3) is 0.571. The standard InChI is InChI=1S/C14H21NO4/c1-18-11-3-4-14(19-2)12(7-11)13(17)8-15-9-5-10(16)6-9/h3-4,7,9-10,13,15-17H,5-6,8H2,1-2H3. The number of ether oxygens (including phenoxy) is 2. The van der Waals surface area contributed by atoms with Crippen molar-refractivity contribution >= 4 is 0 Å². The summed E-state index contributed by atoms with van der Waals surface area (Å²) in [4.78, 5) is 0. The van der Waals surface area contributed by atoms with E-state index in [4.69, 9.17) is 9.47 Å². The Kier molecular flexibility index (Phi) is 4.63. The summed E-state index contributed by atoms with van der Waals surface area (Å²) in [6.07, 6.45) is 0.646. The molecule has 1 saturated carbocycles. The largest absolute Gasteiger partial charge is 0.497 e. The first-order valence-electron chi connectivity index (χ1n) is 6.45. The highest BCUT2D eigenvalue weighted by Crippen LogP contribution is 2.29. The Morgan fingerprint density at radius 3 is 2.63 bits per heavy atom. The molecule has 0 saturated heterocycles. The predicted octanol–water partition coefficient (Wildman–Crippen LogP) is 0.850. The van der Waals surface area contributed by atoms with E-state index in [0.717, 1.165) is 12.8 Å². The Hall–Kier alpha value is -1.30. The van der Waals surface area contributed by atoms with Crippen molar-refractivity contribution in [2.24, 2.45) is 0 Å². The van der Waals surface area contributed by atoms with Crippen molar-refractivity contribution in [3.05, 3.63) is 23.8 Å². The number of hydrogen-bond donors (Lipinski definition) is 3. The van der Waals surface area contributed by atoms with Gasteiger partial charge < -0.3 is 25.0 Å². The van der Waals surface area contributed by atoms with E-state index in [9.17, 15) is 10.2 Å². The van der Waals surface area contributed by atoms with E-state index in [0.29, 0.717) is 29.6 Å². The molecule has 5 nitrogen and oxygen atoms in total. The molecule has 1 unspecified atom stereocenters. The van der Waals surface area contributed by atoms with Crippen LogP contribution in [0.15, 0.2) is 18.2 Å². The molecule has 0 spiro atoms. The third-order valence-corrected chi connectivity index (χ3v) is 3.51. The molecule has 1 fully saturated rings. The van der Waals surface area contributed by atoms with Crippen molar-refractivity contribution in [3.63, 3.8) is 0 Å². The molecule has 106 valence electrons. The molecule has 0 amide bonds. The summed E-state index contributed by atoms with van der Waals surface area (Å²) in [5, 5.41) is 22.7. The zero-order chi connectivity index (χ0) is 13.8. The molecule has 0 aliphatic heterocycles. The summed E-state index contributed by atoms with van der Waals surface area (Å²) in [6, 6.07) is 5.65. The zero-order valence-corrected chi connectivity index (χ0v) is 11.3. The van der Waals surface area contributed by atoms with Crippen LogP contribution in [0.5, 0.6) is 11.5 Å². The van der Waals surface area contributed by atoms with Crippen molar-refractivity contribution in [1.29, 1.82) is 0 Å². The van der Waals surface area contributed by atoms with Gasteiger partial charge in [0.05, 0.1) is 26.4 Å². The smallest absolute Gasteiger partial charge is 0.124 e. The van der Waals surface area contributed by atoms with Crippen LogP contribution in [0.25, 0.3) is 0 Å². The van der Waals surface area contributed by atoms with Crippen molar-refractivity contribution < 1.29 is 19.7 Å². The highest BCUT2D eigenvalue weighted by atomic mass is 16.5. The average molecular weight is 267 g/mol.